The third-order valence-electron chi connectivity index (χ3n) is 2.44. The summed E-state index contributed by atoms with van der Waals surface area (Å²) in [6, 6.07) is 14.9. The van der Waals surface area contributed by atoms with Gasteiger partial charge < -0.3 is 15.6 Å². The molecule has 0 radical (unpaired) electrons. The number of rotatable bonds is 3. The summed E-state index contributed by atoms with van der Waals surface area (Å²) in [7, 11) is 0. The van der Waals surface area contributed by atoms with Crippen molar-refractivity contribution in [3.63, 3.8) is 0 Å². The Bertz CT molecular complexity index is 579. The number of ether oxygens (including phenoxy) is 1. The van der Waals surface area contributed by atoms with Gasteiger partial charge in [0.05, 0.1) is 17.7 Å². The molecule has 0 fully saturated rings. The second-order valence-electron chi connectivity index (χ2n) is 4.01. The molecule has 2 aromatic carbocycles. The molecule has 0 aromatic heterocycles. The van der Waals surface area contributed by atoms with Crippen molar-refractivity contribution in [2.75, 3.05) is 12.3 Å². The zero-order valence-corrected chi connectivity index (χ0v) is 11.7. The van der Waals surface area contributed by atoms with Crippen LogP contribution in [-0.2, 0) is 4.74 Å². The molecule has 0 atom stereocenters. The second-order valence-corrected chi connectivity index (χ2v) is 4.01. The average Bonchev–Trinajstić information content (AvgIpc) is 2.50. The Morgan fingerprint density at radius 1 is 1.00 bits per heavy atom. The molecule has 0 aliphatic carbocycles. The van der Waals surface area contributed by atoms with Gasteiger partial charge in [0.2, 0.25) is 0 Å². The first-order valence-corrected chi connectivity index (χ1v) is 6.35. The van der Waals surface area contributed by atoms with Crippen molar-refractivity contribution in [3.05, 3.63) is 65.7 Å². The van der Waals surface area contributed by atoms with E-state index in [-0.39, 0.29) is 5.97 Å². The Morgan fingerprint density at radius 3 is 2.00 bits per heavy atom. The van der Waals surface area contributed by atoms with E-state index >= 15 is 0 Å². The number of hydrogen-bond acceptors (Lipinski definition) is 4. The van der Waals surface area contributed by atoms with Gasteiger partial charge in [0.1, 0.15) is 0 Å². The number of carbonyl (C=O) groups excluding carboxylic acids is 1. The van der Waals surface area contributed by atoms with Gasteiger partial charge in [-0.1, -0.05) is 18.2 Å². The van der Waals surface area contributed by atoms with Crippen molar-refractivity contribution in [2.24, 2.45) is 0 Å². The molecular formula is C16H17NO4. The molecule has 0 amide bonds. The zero-order valence-electron chi connectivity index (χ0n) is 11.7. The Labute approximate surface area is 123 Å². The fourth-order valence-corrected chi connectivity index (χ4v) is 1.41. The van der Waals surface area contributed by atoms with Crippen LogP contribution in [0.2, 0.25) is 0 Å². The largest absolute Gasteiger partial charge is 0.478 e. The Kier molecular flexibility index (Phi) is 6.47. The Balaban J connectivity index is 0.000000219. The highest BCUT2D eigenvalue weighted by Crippen LogP contribution is 2.06. The van der Waals surface area contributed by atoms with Crippen LogP contribution in [-0.4, -0.2) is 23.7 Å². The fraction of sp³-hybridized carbons (Fsp3) is 0.125. The zero-order chi connectivity index (χ0) is 15.7. The lowest BCUT2D eigenvalue weighted by Crippen LogP contribution is -2.04. The van der Waals surface area contributed by atoms with Crippen molar-refractivity contribution in [1.82, 2.24) is 0 Å². The SMILES string of the molecule is CCOC(=O)c1ccc(N)cc1.O=C(O)c1ccccc1. The molecule has 0 aliphatic heterocycles. The molecule has 3 N–H and O–H groups in total. The standard InChI is InChI=1S/C9H11NO2.C7H6O2/c1-2-12-9(11)7-3-5-8(10)6-4-7;8-7(9)6-4-2-1-3-5-6/h3-6H,2,10H2,1H3;1-5H,(H,8,9). The molecule has 0 spiro atoms. The number of carbonyl (C=O) groups is 2. The van der Waals surface area contributed by atoms with Gasteiger partial charge >= 0.3 is 11.9 Å². The van der Waals surface area contributed by atoms with Crippen LogP contribution in [0.5, 0.6) is 0 Å². The lowest BCUT2D eigenvalue weighted by molar-refractivity contribution is 0.0526. The molecule has 0 bridgehead atoms. The summed E-state index contributed by atoms with van der Waals surface area (Å²) in [6.07, 6.45) is 0. The van der Waals surface area contributed by atoms with E-state index in [9.17, 15) is 9.59 Å². The van der Waals surface area contributed by atoms with Crippen LogP contribution < -0.4 is 5.73 Å². The Morgan fingerprint density at radius 2 is 1.57 bits per heavy atom. The summed E-state index contributed by atoms with van der Waals surface area (Å²) in [5, 5.41) is 8.38. The number of aromatic carboxylic acids is 1. The van der Waals surface area contributed by atoms with Gasteiger partial charge in [-0.15, -0.1) is 0 Å². The molecule has 0 saturated carbocycles. The monoisotopic (exact) mass is 287 g/mol. The highest BCUT2D eigenvalue weighted by atomic mass is 16.5. The lowest BCUT2D eigenvalue weighted by atomic mass is 10.2. The van der Waals surface area contributed by atoms with E-state index < -0.39 is 5.97 Å². The van der Waals surface area contributed by atoms with E-state index in [4.69, 9.17) is 15.6 Å². The number of nitrogens with two attached hydrogens (primary N) is 1. The highest BCUT2D eigenvalue weighted by Gasteiger charge is 2.03. The van der Waals surface area contributed by atoms with Gasteiger partial charge in [-0.25, -0.2) is 9.59 Å². The smallest absolute Gasteiger partial charge is 0.338 e. The van der Waals surface area contributed by atoms with Crippen molar-refractivity contribution in [1.29, 1.82) is 0 Å². The molecule has 0 unspecified atom stereocenters. The first-order valence-electron chi connectivity index (χ1n) is 6.35. The summed E-state index contributed by atoms with van der Waals surface area (Å²) in [5.74, 6) is -1.19. The van der Waals surface area contributed by atoms with Crippen LogP contribution >= 0.6 is 0 Å². The maximum absolute atomic E-state index is 11.1. The predicted molar refractivity (Wildman–Crippen MR) is 80.2 cm³/mol. The van der Waals surface area contributed by atoms with Crippen LogP contribution in [0.15, 0.2) is 54.6 Å². The van der Waals surface area contributed by atoms with Crippen molar-refractivity contribution in [3.8, 4) is 0 Å². The Hall–Kier alpha value is -2.82. The van der Waals surface area contributed by atoms with E-state index in [2.05, 4.69) is 0 Å². The van der Waals surface area contributed by atoms with Crippen molar-refractivity contribution < 1.29 is 19.4 Å². The first kappa shape index (κ1) is 16.2. The van der Waals surface area contributed by atoms with E-state index in [1.807, 2.05) is 0 Å². The van der Waals surface area contributed by atoms with Gasteiger partial charge in [0, 0.05) is 5.69 Å². The lowest BCUT2D eigenvalue weighted by Gasteiger charge is -2.00. The molecular weight excluding hydrogens is 270 g/mol. The van der Waals surface area contributed by atoms with Gasteiger partial charge in [-0.3, -0.25) is 0 Å². The molecule has 5 nitrogen and oxygen atoms in total. The predicted octanol–water partition coefficient (Wildman–Crippen LogP) is 2.83. The van der Waals surface area contributed by atoms with Crippen LogP contribution in [0.1, 0.15) is 27.6 Å². The normalized spacial score (nSPS) is 9.19. The van der Waals surface area contributed by atoms with Gasteiger partial charge in [-0.2, -0.15) is 0 Å². The van der Waals surface area contributed by atoms with Crippen LogP contribution in [0.25, 0.3) is 0 Å². The van der Waals surface area contributed by atoms with Gasteiger partial charge in [-0.05, 0) is 43.3 Å². The van der Waals surface area contributed by atoms with Crippen molar-refractivity contribution in [2.45, 2.75) is 6.92 Å². The summed E-state index contributed by atoms with van der Waals surface area (Å²) in [6.45, 7) is 2.17. The minimum Gasteiger partial charge on any atom is -0.478 e. The third kappa shape index (κ3) is 5.78. The summed E-state index contributed by atoms with van der Waals surface area (Å²) in [5.41, 5.74) is 6.95. The minimum absolute atomic E-state index is 0.308. The molecule has 2 rings (SSSR count). The highest BCUT2D eigenvalue weighted by molar-refractivity contribution is 5.89. The van der Waals surface area contributed by atoms with E-state index in [0.717, 1.165) is 0 Å². The number of carboxylic acid groups (broad SMARTS) is 1. The molecule has 110 valence electrons. The maximum Gasteiger partial charge on any atom is 0.338 e. The molecule has 0 saturated heterocycles. The molecule has 0 heterocycles. The van der Waals surface area contributed by atoms with E-state index in [1.54, 1.807) is 61.5 Å². The number of esters is 1. The number of benzene rings is 2. The number of anilines is 1. The number of hydrogen-bond donors (Lipinski definition) is 2. The number of nitrogen functional groups attached to an aromatic ring is 1. The summed E-state index contributed by atoms with van der Waals surface area (Å²) < 4.78 is 4.79. The minimum atomic E-state index is -0.879. The van der Waals surface area contributed by atoms with Crippen LogP contribution in [0.3, 0.4) is 0 Å². The maximum atomic E-state index is 11.1. The summed E-state index contributed by atoms with van der Waals surface area (Å²) in [4.78, 5) is 21.3. The molecule has 5 heteroatoms. The molecule has 2 aromatic rings. The van der Waals surface area contributed by atoms with Crippen LogP contribution in [0.4, 0.5) is 5.69 Å². The van der Waals surface area contributed by atoms with Crippen LogP contribution in [0, 0.1) is 0 Å². The fourth-order valence-electron chi connectivity index (χ4n) is 1.41. The quantitative estimate of drug-likeness (QED) is 0.669. The van der Waals surface area contributed by atoms with Gasteiger partial charge in [0.15, 0.2) is 0 Å². The topological polar surface area (TPSA) is 89.6 Å². The average molecular weight is 287 g/mol. The number of carboxylic acids is 1. The second kappa shape index (κ2) is 8.37. The molecule has 0 aliphatic rings. The first-order chi connectivity index (χ1) is 10.0. The summed E-state index contributed by atoms with van der Waals surface area (Å²) >= 11 is 0. The van der Waals surface area contributed by atoms with Gasteiger partial charge in [0.25, 0.3) is 0 Å². The van der Waals surface area contributed by atoms with E-state index in [1.165, 1.54) is 0 Å². The van der Waals surface area contributed by atoms with E-state index in [0.29, 0.717) is 23.4 Å². The van der Waals surface area contributed by atoms with Crippen molar-refractivity contribution >= 4 is 17.6 Å². The molecule has 21 heavy (non-hydrogen) atoms. The third-order valence-corrected chi connectivity index (χ3v) is 2.44.